The number of carbonyl (C=O) groups is 1. The highest BCUT2D eigenvalue weighted by molar-refractivity contribution is 7.89. The second-order valence-corrected chi connectivity index (χ2v) is 11.7. The summed E-state index contributed by atoms with van der Waals surface area (Å²) >= 11 is 0. The van der Waals surface area contributed by atoms with Gasteiger partial charge in [0.15, 0.2) is 0 Å². The van der Waals surface area contributed by atoms with Gasteiger partial charge in [0.05, 0.1) is 23.8 Å². The Kier molecular flexibility index (Phi) is 5.42. The number of sulfonamides is 1. The smallest absolute Gasteiger partial charge is 0.243 e. The highest BCUT2D eigenvalue weighted by Gasteiger charge is 2.43. The Labute approximate surface area is 189 Å². The molecule has 0 spiro atoms. The zero-order valence-corrected chi connectivity index (χ0v) is 19.4. The molecule has 2 aliphatic heterocycles. The highest BCUT2D eigenvalue weighted by Crippen LogP contribution is 2.44. The third-order valence-electron chi connectivity index (χ3n) is 6.72. The minimum Gasteiger partial charge on any atom is -0.468 e. The van der Waals surface area contributed by atoms with Gasteiger partial charge in [-0.25, -0.2) is 8.42 Å². The largest absolute Gasteiger partial charge is 0.468 e. The Morgan fingerprint density at radius 3 is 2.69 bits per heavy atom. The fraction of sp³-hybridized carbons (Fsp3) is 0.542. The van der Waals surface area contributed by atoms with Crippen molar-refractivity contribution in [3.63, 3.8) is 0 Å². The minimum absolute atomic E-state index is 0.114. The topological polar surface area (TPSA) is 80.1 Å². The van der Waals surface area contributed by atoms with Crippen LogP contribution in [0, 0.1) is 5.92 Å². The van der Waals surface area contributed by atoms with Crippen molar-refractivity contribution in [1.29, 1.82) is 0 Å². The average Bonchev–Trinajstić information content (AvgIpc) is 3.13. The number of amides is 1. The number of carbonyl (C=O) groups excluding carboxylic acids is 1. The van der Waals surface area contributed by atoms with Gasteiger partial charge in [-0.2, -0.15) is 4.31 Å². The Morgan fingerprint density at radius 2 is 2.03 bits per heavy atom. The van der Waals surface area contributed by atoms with Gasteiger partial charge in [-0.1, -0.05) is 13.8 Å². The first kappa shape index (κ1) is 21.7. The van der Waals surface area contributed by atoms with Crippen LogP contribution >= 0.6 is 0 Å². The Hall–Kier alpha value is -2.16. The van der Waals surface area contributed by atoms with Gasteiger partial charge in [-0.15, -0.1) is 0 Å². The van der Waals surface area contributed by atoms with Crippen molar-refractivity contribution < 1.29 is 22.4 Å². The van der Waals surface area contributed by atoms with Crippen LogP contribution in [0.5, 0.6) is 0 Å². The summed E-state index contributed by atoms with van der Waals surface area (Å²) in [5.74, 6) is 0.870. The van der Waals surface area contributed by atoms with Gasteiger partial charge in [0, 0.05) is 36.7 Å². The molecule has 2 fully saturated rings. The molecule has 0 radical (unpaired) electrons. The Morgan fingerprint density at radius 1 is 1.22 bits per heavy atom. The predicted octanol–water partition coefficient (Wildman–Crippen LogP) is 3.68. The van der Waals surface area contributed by atoms with Crippen molar-refractivity contribution >= 4 is 21.6 Å². The number of ether oxygens (including phenoxy) is 1. The lowest BCUT2D eigenvalue weighted by atomic mass is 9.87. The van der Waals surface area contributed by atoms with Crippen LogP contribution in [0.2, 0.25) is 0 Å². The maximum Gasteiger partial charge on any atom is 0.243 e. The van der Waals surface area contributed by atoms with Crippen molar-refractivity contribution in [1.82, 2.24) is 4.31 Å². The van der Waals surface area contributed by atoms with E-state index >= 15 is 0 Å². The molecule has 32 heavy (non-hydrogen) atoms. The van der Waals surface area contributed by atoms with Crippen LogP contribution in [-0.2, 0) is 31.5 Å². The van der Waals surface area contributed by atoms with E-state index < -0.39 is 10.0 Å². The van der Waals surface area contributed by atoms with E-state index in [1.54, 1.807) is 36.6 Å². The molecule has 1 saturated heterocycles. The third-order valence-corrected chi connectivity index (χ3v) is 8.52. The van der Waals surface area contributed by atoms with Crippen LogP contribution in [0.3, 0.4) is 0 Å². The summed E-state index contributed by atoms with van der Waals surface area (Å²) in [7, 11) is -3.79. The van der Waals surface area contributed by atoms with E-state index in [0.717, 1.165) is 36.9 Å². The number of furan rings is 1. The molecule has 0 bridgehead atoms. The first-order valence-electron chi connectivity index (χ1n) is 11.4. The van der Waals surface area contributed by atoms with E-state index in [4.69, 9.17) is 9.15 Å². The lowest BCUT2D eigenvalue weighted by molar-refractivity contribution is -0.119. The minimum atomic E-state index is -3.79. The zero-order chi connectivity index (χ0) is 22.5. The van der Waals surface area contributed by atoms with Crippen LogP contribution in [0.15, 0.2) is 45.9 Å². The molecule has 1 aromatic heterocycles. The second-order valence-electron chi connectivity index (χ2n) is 9.77. The van der Waals surface area contributed by atoms with E-state index in [2.05, 4.69) is 13.8 Å². The average molecular weight is 459 g/mol. The van der Waals surface area contributed by atoms with Crippen molar-refractivity contribution in [3.05, 3.63) is 47.9 Å². The van der Waals surface area contributed by atoms with Crippen molar-refractivity contribution in [2.75, 3.05) is 24.6 Å². The SMILES string of the molecule is CC1(C)CN(C(=O)C2CC2)c2ccc(S(=O)(=O)N(Cc3ccco3)CC3CCCO3)cc21. The van der Waals surface area contributed by atoms with Crippen LogP contribution in [0.25, 0.3) is 0 Å². The van der Waals surface area contributed by atoms with Gasteiger partial charge in [-0.3, -0.25) is 4.79 Å². The van der Waals surface area contributed by atoms with Crippen LogP contribution < -0.4 is 4.90 Å². The van der Waals surface area contributed by atoms with Crippen molar-refractivity contribution in [2.24, 2.45) is 5.92 Å². The standard InChI is InChI=1S/C24H30N2O5S/c1-24(2)16-26(23(27)17-7-8-17)22-10-9-20(13-21(22)24)32(28,29)25(14-18-5-3-11-30-18)15-19-6-4-12-31-19/h3,5,9-11,13,17,19H,4,6-8,12,14-16H2,1-2H3. The number of rotatable bonds is 7. The van der Waals surface area contributed by atoms with E-state index in [0.29, 0.717) is 18.9 Å². The van der Waals surface area contributed by atoms with E-state index in [1.165, 1.54) is 4.31 Å². The van der Waals surface area contributed by atoms with Crippen LogP contribution in [-0.4, -0.2) is 44.4 Å². The molecule has 1 amide bonds. The van der Waals surface area contributed by atoms with Gasteiger partial charge < -0.3 is 14.1 Å². The molecule has 5 rings (SSSR count). The Bertz CT molecular complexity index is 1100. The molecule has 1 aromatic carbocycles. The molecule has 1 unspecified atom stereocenters. The molecule has 1 aliphatic carbocycles. The zero-order valence-electron chi connectivity index (χ0n) is 18.6. The van der Waals surface area contributed by atoms with E-state index in [9.17, 15) is 13.2 Å². The summed E-state index contributed by atoms with van der Waals surface area (Å²) in [5, 5.41) is 0. The van der Waals surface area contributed by atoms with Crippen molar-refractivity contribution in [2.45, 2.75) is 62.5 Å². The molecule has 1 atom stereocenters. The maximum absolute atomic E-state index is 13.7. The van der Waals surface area contributed by atoms with Gasteiger partial charge in [0.25, 0.3) is 0 Å². The number of benzene rings is 1. The van der Waals surface area contributed by atoms with Gasteiger partial charge in [-0.05, 0) is 61.6 Å². The quantitative estimate of drug-likeness (QED) is 0.632. The number of hydrogen-bond acceptors (Lipinski definition) is 5. The summed E-state index contributed by atoms with van der Waals surface area (Å²) < 4.78 is 40.1. The van der Waals surface area contributed by atoms with Crippen LogP contribution in [0.1, 0.15) is 50.9 Å². The van der Waals surface area contributed by atoms with Crippen molar-refractivity contribution in [3.8, 4) is 0 Å². The summed E-state index contributed by atoms with van der Waals surface area (Å²) in [6, 6.07) is 8.73. The molecule has 8 heteroatoms. The molecule has 3 aliphatic rings. The Balaban J connectivity index is 1.48. The normalized spacial score (nSPS) is 22.5. The van der Waals surface area contributed by atoms with E-state index in [-0.39, 0.29) is 41.3 Å². The summed E-state index contributed by atoms with van der Waals surface area (Å²) in [6.07, 6.45) is 5.12. The molecule has 2 aromatic rings. The van der Waals surface area contributed by atoms with Gasteiger partial charge >= 0.3 is 0 Å². The summed E-state index contributed by atoms with van der Waals surface area (Å²) in [6.45, 7) is 5.81. The highest BCUT2D eigenvalue weighted by atomic mass is 32.2. The number of hydrogen-bond donors (Lipinski definition) is 0. The van der Waals surface area contributed by atoms with E-state index in [1.807, 2.05) is 4.90 Å². The first-order chi connectivity index (χ1) is 15.3. The second kappa shape index (κ2) is 8.01. The molecule has 0 N–H and O–H groups in total. The number of nitrogens with zero attached hydrogens (tertiary/aromatic N) is 2. The van der Waals surface area contributed by atoms with Crippen LogP contribution in [0.4, 0.5) is 5.69 Å². The maximum atomic E-state index is 13.7. The fourth-order valence-electron chi connectivity index (χ4n) is 4.75. The molecule has 1 saturated carbocycles. The lowest BCUT2D eigenvalue weighted by Crippen LogP contribution is -2.37. The van der Waals surface area contributed by atoms with Gasteiger partial charge in [0.1, 0.15) is 5.76 Å². The molecule has 7 nitrogen and oxygen atoms in total. The monoisotopic (exact) mass is 458 g/mol. The molecular formula is C24H30N2O5S. The van der Waals surface area contributed by atoms with Gasteiger partial charge in [0.2, 0.25) is 15.9 Å². The lowest BCUT2D eigenvalue weighted by Gasteiger charge is -2.25. The molecular weight excluding hydrogens is 428 g/mol. The summed E-state index contributed by atoms with van der Waals surface area (Å²) in [4.78, 5) is 14.9. The number of fused-ring (bicyclic) bond motifs is 1. The summed E-state index contributed by atoms with van der Waals surface area (Å²) in [5.41, 5.74) is 1.43. The molecule has 172 valence electrons. The molecule has 3 heterocycles. The fourth-order valence-corrected chi connectivity index (χ4v) is 6.22. The predicted molar refractivity (Wildman–Crippen MR) is 120 cm³/mol. The third kappa shape index (κ3) is 4.00. The number of anilines is 1. The first-order valence-corrected chi connectivity index (χ1v) is 12.8.